The highest BCUT2D eigenvalue weighted by Crippen LogP contribution is 2.27. The maximum atomic E-state index is 9.69. The summed E-state index contributed by atoms with van der Waals surface area (Å²) >= 11 is 0. The van der Waals surface area contributed by atoms with E-state index in [0.717, 1.165) is 50.6 Å². The molecule has 0 aliphatic carbocycles. The maximum absolute atomic E-state index is 9.69. The fourth-order valence-corrected chi connectivity index (χ4v) is 4.64. The SMILES string of the molecule is COc1cc(CN2CCN(Cc3[nH]c4ccccc4c3C)C[C@@H]2CCO)cc(OC)c1. The molecule has 31 heavy (non-hydrogen) atoms. The quantitative estimate of drug-likeness (QED) is 0.580. The molecule has 2 N–H and O–H groups in total. The molecule has 1 fully saturated rings. The number of ether oxygens (including phenoxy) is 2. The monoisotopic (exact) mass is 423 g/mol. The summed E-state index contributed by atoms with van der Waals surface area (Å²) in [5, 5.41) is 11.0. The molecule has 4 rings (SSSR count). The van der Waals surface area contributed by atoms with Crippen molar-refractivity contribution >= 4 is 10.9 Å². The van der Waals surface area contributed by atoms with Crippen LogP contribution in [0.15, 0.2) is 42.5 Å². The smallest absolute Gasteiger partial charge is 0.122 e. The first-order valence-corrected chi connectivity index (χ1v) is 11.0. The van der Waals surface area contributed by atoms with Gasteiger partial charge in [0.25, 0.3) is 0 Å². The van der Waals surface area contributed by atoms with Crippen molar-refractivity contribution in [3.8, 4) is 11.5 Å². The number of methoxy groups -OCH3 is 2. The van der Waals surface area contributed by atoms with E-state index in [-0.39, 0.29) is 6.61 Å². The third kappa shape index (κ3) is 4.87. The van der Waals surface area contributed by atoms with Crippen LogP contribution in [0.4, 0.5) is 0 Å². The fourth-order valence-electron chi connectivity index (χ4n) is 4.64. The van der Waals surface area contributed by atoms with Crippen LogP contribution in [0.3, 0.4) is 0 Å². The van der Waals surface area contributed by atoms with E-state index in [2.05, 4.69) is 58.1 Å². The Kier molecular flexibility index (Phi) is 6.80. The summed E-state index contributed by atoms with van der Waals surface area (Å²) in [5.74, 6) is 1.61. The zero-order valence-corrected chi connectivity index (χ0v) is 18.7. The molecule has 0 spiro atoms. The van der Waals surface area contributed by atoms with Crippen LogP contribution in [-0.4, -0.2) is 66.4 Å². The number of hydrogen-bond donors (Lipinski definition) is 2. The zero-order chi connectivity index (χ0) is 21.8. The minimum atomic E-state index is 0.196. The Hall–Kier alpha value is -2.54. The Morgan fingerprint density at radius 2 is 1.77 bits per heavy atom. The van der Waals surface area contributed by atoms with E-state index in [0.29, 0.717) is 6.04 Å². The number of piperazine rings is 1. The van der Waals surface area contributed by atoms with Gasteiger partial charge in [0, 0.05) is 68.0 Å². The van der Waals surface area contributed by atoms with Gasteiger partial charge in [-0.2, -0.15) is 0 Å². The lowest BCUT2D eigenvalue weighted by Gasteiger charge is -2.41. The molecule has 0 unspecified atom stereocenters. The van der Waals surface area contributed by atoms with Crippen LogP contribution in [0.25, 0.3) is 10.9 Å². The molecule has 6 heteroatoms. The van der Waals surface area contributed by atoms with E-state index in [1.807, 2.05) is 6.07 Å². The number of fused-ring (bicyclic) bond motifs is 1. The van der Waals surface area contributed by atoms with Gasteiger partial charge in [-0.15, -0.1) is 0 Å². The van der Waals surface area contributed by atoms with Crippen molar-refractivity contribution in [2.45, 2.75) is 32.5 Å². The molecule has 0 saturated carbocycles. The van der Waals surface area contributed by atoms with Crippen LogP contribution in [0, 0.1) is 6.92 Å². The van der Waals surface area contributed by atoms with E-state index < -0.39 is 0 Å². The summed E-state index contributed by atoms with van der Waals surface area (Å²) < 4.78 is 10.9. The molecule has 2 heterocycles. The predicted molar refractivity (Wildman–Crippen MR) is 124 cm³/mol. The van der Waals surface area contributed by atoms with E-state index >= 15 is 0 Å². The van der Waals surface area contributed by atoms with Gasteiger partial charge in [0.15, 0.2) is 0 Å². The first-order valence-electron chi connectivity index (χ1n) is 11.0. The van der Waals surface area contributed by atoms with Gasteiger partial charge >= 0.3 is 0 Å². The number of benzene rings is 2. The number of para-hydroxylation sites is 1. The second kappa shape index (κ2) is 9.73. The van der Waals surface area contributed by atoms with Gasteiger partial charge in [-0.25, -0.2) is 0 Å². The number of aryl methyl sites for hydroxylation is 1. The standard InChI is InChI=1S/C25H33N3O3/c1-18-23-6-4-5-7-24(23)26-25(18)17-27-9-10-28(20(16-27)8-11-29)15-19-12-21(30-2)14-22(13-19)31-3/h4-7,12-14,20,26,29H,8-11,15-17H2,1-3H3/t20-/m0/s1. The number of aliphatic hydroxyl groups excluding tert-OH is 1. The molecule has 3 aromatic rings. The number of nitrogens with one attached hydrogen (secondary N) is 1. The Balaban J connectivity index is 1.46. The number of hydrogen-bond acceptors (Lipinski definition) is 5. The molecular formula is C25H33N3O3. The van der Waals surface area contributed by atoms with Gasteiger partial charge in [-0.05, 0) is 42.7 Å². The highest BCUT2D eigenvalue weighted by atomic mass is 16.5. The minimum Gasteiger partial charge on any atom is -0.497 e. The fraction of sp³-hybridized carbons (Fsp3) is 0.440. The lowest BCUT2D eigenvalue weighted by Crippen LogP contribution is -2.52. The van der Waals surface area contributed by atoms with E-state index in [9.17, 15) is 5.11 Å². The number of aromatic amines is 1. The average Bonchev–Trinajstić information content (AvgIpc) is 3.10. The van der Waals surface area contributed by atoms with Crippen LogP contribution in [0.1, 0.15) is 23.2 Å². The maximum Gasteiger partial charge on any atom is 0.122 e. The van der Waals surface area contributed by atoms with E-state index in [1.54, 1.807) is 14.2 Å². The van der Waals surface area contributed by atoms with E-state index in [1.165, 1.54) is 27.7 Å². The number of rotatable bonds is 8. The molecule has 1 saturated heterocycles. The summed E-state index contributed by atoms with van der Waals surface area (Å²) in [4.78, 5) is 8.57. The molecular weight excluding hydrogens is 390 g/mol. The zero-order valence-electron chi connectivity index (χ0n) is 18.7. The van der Waals surface area contributed by atoms with Crippen molar-refractivity contribution in [2.24, 2.45) is 0 Å². The van der Waals surface area contributed by atoms with Crippen LogP contribution in [-0.2, 0) is 13.1 Å². The summed E-state index contributed by atoms with van der Waals surface area (Å²) in [6, 6.07) is 14.8. The summed E-state index contributed by atoms with van der Waals surface area (Å²) in [6.07, 6.45) is 0.767. The molecule has 6 nitrogen and oxygen atoms in total. The predicted octanol–water partition coefficient (Wildman–Crippen LogP) is 3.56. The molecule has 0 radical (unpaired) electrons. The minimum absolute atomic E-state index is 0.196. The van der Waals surface area contributed by atoms with Gasteiger partial charge in [0.1, 0.15) is 11.5 Å². The number of nitrogens with zero attached hydrogens (tertiary/aromatic N) is 2. The van der Waals surface area contributed by atoms with Crippen molar-refractivity contribution in [1.29, 1.82) is 0 Å². The van der Waals surface area contributed by atoms with Crippen LogP contribution in [0.5, 0.6) is 11.5 Å². The second-order valence-electron chi connectivity index (χ2n) is 8.37. The van der Waals surface area contributed by atoms with Crippen LogP contribution >= 0.6 is 0 Å². The molecule has 166 valence electrons. The van der Waals surface area contributed by atoms with Crippen molar-refractivity contribution in [3.05, 3.63) is 59.3 Å². The number of aliphatic hydroxyl groups is 1. The second-order valence-corrected chi connectivity index (χ2v) is 8.37. The van der Waals surface area contributed by atoms with Crippen LogP contribution in [0.2, 0.25) is 0 Å². The third-order valence-corrected chi connectivity index (χ3v) is 6.40. The Morgan fingerprint density at radius 3 is 2.45 bits per heavy atom. The van der Waals surface area contributed by atoms with Gasteiger partial charge in [-0.3, -0.25) is 9.80 Å². The van der Waals surface area contributed by atoms with Gasteiger partial charge in [-0.1, -0.05) is 18.2 Å². The Bertz CT molecular complexity index is 994. The summed E-state index contributed by atoms with van der Waals surface area (Å²) in [7, 11) is 3.36. The largest absolute Gasteiger partial charge is 0.497 e. The van der Waals surface area contributed by atoms with Gasteiger partial charge in [0.05, 0.1) is 14.2 Å². The normalized spacial score (nSPS) is 17.9. The van der Waals surface area contributed by atoms with E-state index in [4.69, 9.17) is 9.47 Å². The lowest BCUT2D eigenvalue weighted by molar-refractivity contribution is 0.0493. The molecule has 1 aliphatic rings. The van der Waals surface area contributed by atoms with Gasteiger partial charge in [0.2, 0.25) is 0 Å². The van der Waals surface area contributed by atoms with Gasteiger partial charge < -0.3 is 19.6 Å². The van der Waals surface area contributed by atoms with Crippen molar-refractivity contribution in [3.63, 3.8) is 0 Å². The first-order chi connectivity index (χ1) is 15.1. The average molecular weight is 424 g/mol. The van der Waals surface area contributed by atoms with Crippen molar-refractivity contribution in [2.75, 3.05) is 40.5 Å². The van der Waals surface area contributed by atoms with Crippen molar-refractivity contribution < 1.29 is 14.6 Å². The highest BCUT2D eigenvalue weighted by molar-refractivity contribution is 5.84. The molecule has 1 aliphatic heterocycles. The van der Waals surface area contributed by atoms with Crippen molar-refractivity contribution in [1.82, 2.24) is 14.8 Å². The first kappa shape index (κ1) is 21.7. The lowest BCUT2D eigenvalue weighted by atomic mass is 10.1. The number of H-pyrrole nitrogens is 1. The molecule has 0 amide bonds. The molecule has 0 bridgehead atoms. The molecule has 2 aromatic carbocycles. The molecule has 1 aromatic heterocycles. The topological polar surface area (TPSA) is 61.0 Å². The number of aromatic nitrogens is 1. The van der Waals surface area contributed by atoms with Crippen LogP contribution < -0.4 is 9.47 Å². The summed E-state index contributed by atoms with van der Waals surface area (Å²) in [5.41, 5.74) is 4.99. The highest BCUT2D eigenvalue weighted by Gasteiger charge is 2.27. The summed E-state index contributed by atoms with van der Waals surface area (Å²) in [6.45, 7) is 7.02. The Labute approximate surface area is 184 Å². The molecule has 1 atom stereocenters. The Morgan fingerprint density at radius 1 is 1.03 bits per heavy atom. The third-order valence-electron chi connectivity index (χ3n) is 6.40.